The summed E-state index contributed by atoms with van der Waals surface area (Å²) in [6.45, 7) is 0.138. The summed E-state index contributed by atoms with van der Waals surface area (Å²) in [5.74, 6) is -1.92. The molecule has 12 heteroatoms. The summed E-state index contributed by atoms with van der Waals surface area (Å²) in [6, 6.07) is 8.41. The van der Waals surface area contributed by atoms with Crippen molar-refractivity contribution in [1.29, 1.82) is 0 Å². The number of carboxylic acid groups (broad SMARTS) is 1. The molecular formula is C19H17N5O5S2. The highest BCUT2D eigenvalue weighted by molar-refractivity contribution is 8.00. The van der Waals surface area contributed by atoms with Crippen molar-refractivity contribution in [3.05, 3.63) is 58.7 Å². The molecule has 0 saturated carbocycles. The number of thioether (sulfide) groups is 1. The average molecular weight is 460 g/mol. The molecule has 4 rings (SSSR count). The number of fused-ring (bicyclic) bond motifs is 1. The molecule has 0 spiro atoms. The second-order valence-electron chi connectivity index (χ2n) is 6.55. The Bertz CT molecular complexity index is 1080. The molecule has 3 heterocycles. The normalized spacial score (nSPS) is 20.4. The van der Waals surface area contributed by atoms with E-state index in [2.05, 4.69) is 15.5 Å². The molecule has 4 N–H and O–H groups in total. The van der Waals surface area contributed by atoms with Crippen LogP contribution >= 0.6 is 23.1 Å². The van der Waals surface area contributed by atoms with E-state index in [1.54, 1.807) is 5.38 Å². The minimum absolute atomic E-state index is 0.0772. The van der Waals surface area contributed by atoms with Crippen molar-refractivity contribution >= 4 is 51.7 Å². The zero-order valence-corrected chi connectivity index (χ0v) is 17.6. The summed E-state index contributed by atoms with van der Waals surface area (Å²) >= 11 is 2.50. The van der Waals surface area contributed by atoms with Crippen LogP contribution in [0.2, 0.25) is 0 Å². The summed E-state index contributed by atoms with van der Waals surface area (Å²) in [4.78, 5) is 47.4. The maximum Gasteiger partial charge on any atom is 0.352 e. The van der Waals surface area contributed by atoms with Gasteiger partial charge in [-0.15, -0.1) is 23.1 Å². The van der Waals surface area contributed by atoms with Crippen LogP contribution in [0, 0.1) is 0 Å². The van der Waals surface area contributed by atoms with Gasteiger partial charge in [-0.25, -0.2) is 9.78 Å². The molecule has 10 nitrogen and oxygen atoms in total. The molecule has 0 bridgehead atoms. The van der Waals surface area contributed by atoms with Crippen LogP contribution in [0.1, 0.15) is 11.3 Å². The number of benzene rings is 1. The fraction of sp³-hybridized carbons (Fsp3) is 0.211. The number of aliphatic carboxylic acids is 1. The number of carboxylic acids is 1. The van der Waals surface area contributed by atoms with Gasteiger partial charge in [0, 0.05) is 11.1 Å². The molecule has 31 heavy (non-hydrogen) atoms. The van der Waals surface area contributed by atoms with E-state index in [1.165, 1.54) is 22.7 Å². The first kappa shape index (κ1) is 20.9. The zero-order chi connectivity index (χ0) is 22.0. The standard InChI is InChI=1S/C19H17N5O5S2/c20-19-21-11(9-31-19)13(23-29-8-10-4-2-1-3-5-10)15(25)22-14-16(26)24-12(18(27)28)6-7-30-17(14)24/h1-6,9,14,17H,7-8H2,(H2,20,21)(H,22,25)(H,27,28)/t14?,17-/m0/s1. The molecule has 1 aromatic heterocycles. The summed E-state index contributed by atoms with van der Waals surface area (Å²) in [6.07, 6.45) is 1.47. The van der Waals surface area contributed by atoms with Gasteiger partial charge in [0.05, 0.1) is 0 Å². The van der Waals surface area contributed by atoms with Gasteiger partial charge < -0.3 is 21.0 Å². The predicted octanol–water partition coefficient (Wildman–Crippen LogP) is 1.01. The van der Waals surface area contributed by atoms with Gasteiger partial charge in [0.25, 0.3) is 11.8 Å². The van der Waals surface area contributed by atoms with Crippen LogP contribution in [0.25, 0.3) is 0 Å². The maximum atomic E-state index is 12.9. The van der Waals surface area contributed by atoms with Crippen molar-refractivity contribution in [2.75, 3.05) is 11.5 Å². The SMILES string of the molecule is Nc1nc(C(=NOCc2ccccc2)C(=O)NC2C(=O)N3C(C(=O)O)=CCS[C@@H]23)cs1. The quantitative estimate of drug-likeness (QED) is 0.316. The van der Waals surface area contributed by atoms with Gasteiger partial charge in [0.1, 0.15) is 29.4 Å². The molecule has 0 radical (unpaired) electrons. The number of rotatable bonds is 7. The largest absolute Gasteiger partial charge is 0.477 e. The topological polar surface area (TPSA) is 147 Å². The molecule has 2 aliphatic rings. The lowest BCUT2D eigenvalue weighted by molar-refractivity contribution is -0.150. The van der Waals surface area contributed by atoms with Crippen LogP contribution in [0.5, 0.6) is 0 Å². The van der Waals surface area contributed by atoms with Crippen LogP contribution in [-0.4, -0.2) is 55.7 Å². The number of amides is 2. The molecular weight excluding hydrogens is 442 g/mol. The van der Waals surface area contributed by atoms with Gasteiger partial charge in [-0.2, -0.15) is 0 Å². The number of thiazole rings is 1. The first-order valence-electron chi connectivity index (χ1n) is 9.10. The Labute approximate surface area is 184 Å². The second kappa shape index (κ2) is 8.78. The van der Waals surface area contributed by atoms with E-state index < -0.39 is 29.2 Å². The van der Waals surface area contributed by atoms with E-state index in [0.29, 0.717) is 5.75 Å². The lowest BCUT2D eigenvalue weighted by Crippen LogP contribution is -2.70. The number of carbonyl (C=O) groups is 3. The Morgan fingerprint density at radius 1 is 1.35 bits per heavy atom. The van der Waals surface area contributed by atoms with E-state index in [0.717, 1.165) is 16.9 Å². The highest BCUT2D eigenvalue weighted by Gasteiger charge is 2.53. The van der Waals surface area contributed by atoms with Crippen LogP contribution in [0.4, 0.5) is 5.13 Å². The lowest BCUT2D eigenvalue weighted by Gasteiger charge is -2.48. The van der Waals surface area contributed by atoms with E-state index >= 15 is 0 Å². The monoisotopic (exact) mass is 459 g/mol. The second-order valence-corrected chi connectivity index (χ2v) is 8.59. The maximum absolute atomic E-state index is 12.9. The van der Waals surface area contributed by atoms with Gasteiger partial charge in [-0.3, -0.25) is 14.5 Å². The number of nitrogens with two attached hydrogens (primary N) is 1. The van der Waals surface area contributed by atoms with Crippen LogP contribution in [-0.2, 0) is 25.8 Å². The number of carbonyl (C=O) groups excluding carboxylic acids is 2. The van der Waals surface area contributed by atoms with Gasteiger partial charge in [-0.05, 0) is 11.6 Å². The summed E-state index contributed by atoms with van der Waals surface area (Å²) in [5, 5.41) is 17.1. The third-order valence-electron chi connectivity index (χ3n) is 4.56. The molecule has 1 unspecified atom stereocenters. The predicted molar refractivity (Wildman–Crippen MR) is 115 cm³/mol. The van der Waals surface area contributed by atoms with Gasteiger partial charge >= 0.3 is 5.97 Å². The van der Waals surface area contributed by atoms with Crippen molar-refractivity contribution in [2.45, 2.75) is 18.0 Å². The highest BCUT2D eigenvalue weighted by Crippen LogP contribution is 2.37. The minimum Gasteiger partial charge on any atom is -0.477 e. The number of nitrogens with zero attached hydrogens (tertiary/aromatic N) is 3. The average Bonchev–Trinajstić information content (AvgIpc) is 3.20. The molecule has 160 valence electrons. The highest BCUT2D eigenvalue weighted by atomic mass is 32.2. The number of β-lactam (4-membered cyclic amide) rings is 1. The van der Waals surface area contributed by atoms with Crippen molar-refractivity contribution in [3.63, 3.8) is 0 Å². The van der Waals surface area contributed by atoms with Crippen molar-refractivity contribution < 1.29 is 24.3 Å². The molecule has 0 aliphatic carbocycles. The molecule has 1 fully saturated rings. The van der Waals surface area contributed by atoms with E-state index in [9.17, 15) is 19.5 Å². The zero-order valence-electron chi connectivity index (χ0n) is 15.9. The van der Waals surface area contributed by atoms with Crippen LogP contribution < -0.4 is 11.1 Å². The lowest BCUT2D eigenvalue weighted by atomic mass is 10.0. The van der Waals surface area contributed by atoms with Gasteiger partial charge in [0.15, 0.2) is 10.8 Å². The third-order valence-corrected chi connectivity index (χ3v) is 6.42. The number of nitrogens with one attached hydrogen (secondary N) is 1. The number of anilines is 1. The fourth-order valence-corrected chi connectivity index (χ4v) is 4.84. The number of aromatic nitrogens is 1. The molecule has 1 saturated heterocycles. The van der Waals surface area contributed by atoms with E-state index in [4.69, 9.17) is 10.6 Å². The Balaban J connectivity index is 1.49. The smallest absolute Gasteiger partial charge is 0.352 e. The number of hydrogen-bond acceptors (Lipinski definition) is 9. The van der Waals surface area contributed by atoms with Crippen molar-refractivity contribution in [3.8, 4) is 0 Å². The van der Waals surface area contributed by atoms with E-state index in [1.807, 2.05) is 30.3 Å². The molecule has 2 aromatic rings. The third kappa shape index (κ3) is 4.25. The number of hydrogen-bond donors (Lipinski definition) is 3. The van der Waals surface area contributed by atoms with Crippen molar-refractivity contribution in [2.24, 2.45) is 5.16 Å². The summed E-state index contributed by atoms with van der Waals surface area (Å²) < 4.78 is 0. The van der Waals surface area contributed by atoms with Crippen LogP contribution in [0.15, 0.2) is 52.6 Å². The van der Waals surface area contributed by atoms with E-state index in [-0.39, 0.29) is 28.8 Å². The number of oxime groups is 1. The van der Waals surface area contributed by atoms with Gasteiger partial charge in [0.2, 0.25) is 0 Å². The Morgan fingerprint density at radius 3 is 2.81 bits per heavy atom. The number of nitrogen functional groups attached to an aromatic ring is 1. The first-order chi connectivity index (χ1) is 15.0. The molecule has 1 aromatic carbocycles. The Morgan fingerprint density at radius 2 is 2.13 bits per heavy atom. The van der Waals surface area contributed by atoms with Crippen molar-refractivity contribution in [1.82, 2.24) is 15.2 Å². The molecule has 2 amide bonds. The Hall–Kier alpha value is -3.38. The molecule has 2 atom stereocenters. The summed E-state index contributed by atoms with van der Waals surface area (Å²) in [7, 11) is 0. The Kier molecular flexibility index (Phi) is 5.91. The minimum atomic E-state index is -1.18. The van der Waals surface area contributed by atoms with Gasteiger partial charge in [-0.1, -0.05) is 35.5 Å². The molecule has 2 aliphatic heterocycles. The fourth-order valence-electron chi connectivity index (χ4n) is 3.09. The van der Waals surface area contributed by atoms with Crippen LogP contribution in [0.3, 0.4) is 0 Å². The summed E-state index contributed by atoms with van der Waals surface area (Å²) in [5.41, 5.74) is 6.57. The first-order valence-corrected chi connectivity index (χ1v) is 11.0.